The van der Waals surface area contributed by atoms with Gasteiger partial charge in [0.2, 0.25) is 5.91 Å². The minimum Gasteiger partial charge on any atom is -0.493 e. The van der Waals surface area contributed by atoms with E-state index in [2.05, 4.69) is 0 Å². The fourth-order valence-electron chi connectivity index (χ4n) is 1.50. The second-order valence-corrected chi connectivity index (χ2v) is 3.51. The lowest BCUT2D eigenvalue weighted by molar-refractivity contribution is -0.118. The third-order valence-electron chi connectivity index (χ3n) is 2.34. The fourth-order valence-corrected chi connectivity index (χ4v) is 1.50. The van der Waals surface area contributed by atoms with Crippen molar-refractivity contribution in [3.8, 4) is 11.5 Å². The second kappa shape index (κ2) is 11.3. The predicted molar refractivity (Wildman–Crippen MR) is 72.5 cm³/mol. The molecule has 0 spiro atoms. The normalized spacial score (nSPS) is 8.32. The van der Waals surface area contributed by atoms with Crippen molar-refractivity contribution in [2.75, 3.05) is 14.2 Å². The molecule has 0 unspecified atom stereocenters. The van der Waals surface area contributed by atoms with Crippen LogP contribution < -0.4 is 15.2 Å². The van der Waals surface area contributed by atoms with Crippen LogP contribution in [0.25, 0.3) is 0 Å². The molecule has 112 valence electrons. The highest BCUT2D eigenvalue weighted by Gasteiger charge is 2.04. The van der Waals surface area contributed by atoms with Crippen LogP contribution in [0.15, 0.2) is 18.2 Å². The average molecular weight is 277 g/mol. The number of hydrogen-bond donors (Lipinski definition) is 1. The van der Waals surface area contributed by atoms with Crippen LogP contribution in [0, 0.1) is 0 Å². The van der Waals surface area contributed by atoms with Gasteiger partial charge < -0.3 is 31.6 Å². The number of primary amides is 1. The summed E-state index contributed by atoms with van der Waals surface area (Å²) in [6.45, 7) is 0. The molecule has 0 atom stereocenters. The smallest absolute Gasteiger partial charge is 0.217 e. The maximum absolute atomic E-state index is 10.6. The maximum Gasteiger partial charge on any atom is 0.217 e. The van der Waals surface area contributed by atoms with Crippen molar-refractivity contribution in [1.82, 2.24) is 0 Å². The Labute approximate surface area is 112 Å². The SMILES string of the molecule is COc1ccc(CCCC(N)=O)cc1OC.O.O.O. The molecular formula is C12H23NO6. The molecule has 0 aliphatic heterocycles. The van der Waals surface area contributed by atoms with Crippen molar-refractivity contribution in [2.24, 2.45) is 5.73 Å². The van der Waals surface area contributed by atoms with Gasteiger partial charge in [-0.15, -0.1) is 0 Å². The molecule has 0 saturated heterocycles. The van der Waals surface area contributed by atoms with Crippen LogP contribution in [-0.4, -0.2) is 36.6 Å². The van der Waals surface area contributed by atoms with Crippen molar-refractivity contribution in [3.05, 3.63) is 23.8 Å². The summed E-state index contributed by atoms with van der Waals surface area (Å²) in [6, 6.07) is 5.74. The van der Waals surface area contributed by atoms with Crippen LogP contribution in [0.5, 0.6) is 11.5 Å². The zero-order valence-corrected chi connectivity index (χ0v) is 11.2. The monoisotopic (exact) mass is 277 g/mol. The van der Waals surface area contributed by atoms with Gasteiger partial charge in [-0.3, -0.25) is 4.79 Å². The van der Waals surface area contributed by atoms with Gasteiger partial charge >= 0.3 is 0 Å². The van der Waals surface area contributed by atoms with E-state index in [-0.39, 0.29) is 22.3 Å². The molecule has 7 nitrogen and oxygen atoms in total. The number of benzene rings is 1. The molecule has 1 amide bonds. The van der Waals surface area contributed by atoms with E-state index in [1.54, 1.807) is 14.2 Å². The molecule has 0 aliphatic rings. The highest BCUT2D eigenvalue weighted by atomic mass is 16.5. The molecule has 1 rings (SSSR count). The van der Waals surface area contributed by atoms with Gasteiger partial charge in [0.15, 0.2) is 11.5 Å². The Hall–Kier alpha value is -1.83. The highest BCUT2D eigenvalue weighted by Crippen LogP contribution is 2.27. The summed E-state index contributed by atoms with van der Waals surface area (Å²) in [5, 5.41) is 0. The zero-order valence-electron chi connectivity index (χ0n) is 11.2. The lowest BCUT2D eigenvalue weighted by Crippen LogP contribution is -2.10. The van der Waals surface area contributed by atoms with Crippen molar-refractivity contribution < 1.29 is 30.7 Å². The molecule has 1 aromatic rings. The van der Waals surface area contributed by atoms with Gasteiger partial charge in [0.1, 0.15) is 0 Å². The number of amides is 1. The lowest BCUT2D eigenvalue weighted by Gasteiger charge is -2.09. The summed E-state index contributed by atoms with van der Waals surface area (Å²) in [6.07, 6.45) is 1.97. The van der Waals surface area contributed by atoms with E-state index in [4.69, 9.17) is 15.2 Å². The van der Waals surface area contributed by atoms with Gasteiger partial charge in [-0.2, -0.15) is 0 Å². The van der Waals surface area contributed by atoms with Crippen molar-refractivity contribution in [1.29, 1.82) is 0 Å². The molecule has 0 fully saturated rings. The maximum atomic E-state index is 10.6. The van der Waals surface area contributed by atoms with Crippen molar-refractivity contribution in [3.63, 3.8) is 0 Å². The summed E-state index contributed by atoms with van der Waals surface area (Å²) in [5.74, 6) is 1.15. The average Bonchev–Trinajstić information content (AvgIpc) is 2.28. The number of rotatable bonds is 6. The molecule has 0 aromatic heterocycles. The summed E-state index contributed by atoms with van der Waals surface area (Å²) in [7, 11) is 3.20. The third kappa shape index (κ3) is 7.24. The van der Waals surface area contributed by atoms with E-state index in [0.717, 1.165) is 18.4 Å². The van der Waals surface area contributed by atoms with Gasteiger partial charge in [-0.1, -0.05) is 6.07 Å². The molecule has 1 aromatic carbocycles. The molecule has 0 bridgehead atoms. The Balaban J connectivity index is -0.000000853. The van der Waals surface area contributed by atoms with E-state index in [0.29, 0.717) is 17.9 Å². The van der Waals surface area contributed by atoms with Gasteiger partial charge in [0.05, 0.1) is 14.2 Å². The van der Waals surface area contributed by atoms with Crippen LogP contribution in [-0.2, 0) is 11.2 Å². The van der Waals surface area contributed by atoms with Crippen molar-refractivity contribution in [2.45, 2.75) is 19.3 Å². The molecule has 0 heterocycles. The Morgan fingerprint density at radius 3 is 2.16 bits per heavy atom. The predicted octanol–water partition coefficient (Wildman–Crippen LogP) is -0.962. The minimum atomic E-state index is -0.263. The number of carbonyl (C=O) groups excluding carboxylic acids is 1. The van der Waals surface area contributed by atoms with Crippen LogP contribution >= 0.6 is 0 Å². The van der Waals surface area contributed by atoms with Crippen LogP contribution in [0.3, 0.4) is 0 Å². The van der Waals surface area contributed by atoms with E-state index in [1.807, 2.05) is 18.2 Å². The highest BCUT2D eigenvalue weighted by molar-refractivity contribution is 5.73. The Morgan fingerprint density at radius 1 is 1.11 bits per heavy atom. The van der Waals surface area contributed by atoms with Crippen molar-refractivity contribution >= 4 is 5.91 Å². The van der Waals surface area contributed by atoms with E-state index in [9.17, 15) is 4.79 Å². The molecule has 0 saturated carbocycles. The van der Waals surface area contributed by atoms with Crippen LogP contribution in [0.2, 0.25) is 0 Å². The summed E-state index contributed by atoms with van der Waals surface area (Å²) in [4.78, 5) is 10.6. The van der Waals surface area contributed by atoms with Gasteiger partial charge in [0, 0.05) is 6.42 Å². The molecule has 0 radical (unpaired) electrons. The largest absolute Gasteiger partial charge is 0.493 e. The Bertz CT molecular complexity index is 369. The first kappa shape index (κ1) is 22.4. The molecule has 19 heavy (non-hydrogen) atoms. The molecular weight excluding hydrogens is 254 g/mol. The van der Waals surface area contributed by atoms with Crippen LogP contribution in [0.4, 0.5) is 0 Å². The number of methoxy groups -OCH3 is 2. The van der Waals surface area contributed by atoms with Gasteiger partial charge in [0.25, 0.3) is 0 Å². The van der Waals surface area contributed by atoms with Gasteiger partial charge in [-0.05, 0) is 30.5 Å². The molecule has 8 N–H and O–H groups in total. The van der Waals surface area contributed by atoms with Gasteiger partial charge in [-0.25, -0.2) is 0 Å². The first-order valence-electron chi connectivity index (χ1n) is 5.16. The third-order valence-corrected chi connectivity index (χ3v) is 2.34. The Morgan fingerprint density at radius 2 is 1.68 bits per heavy atom. The van der Waals surface area contributed by atoms with E-state index in [1.165, 1.54) is 0 Å². The summed E-state index contributed by atoms with van der Waals surface area (Å²) in [5.41, 5.74) is 6.18. The number of carbonyl (C=O) groups is 1. The van der Waals surface area contributed by atoms with Crippen LogP contribution in [0.1, 0.15) is 18.4 Å². The summed E-state index contributed by atoms with van der Waals surface area (Å²) >= 11 is 0. The summed E-state index contributed by atoms with van der Waals surface area (Å²) < 4.78 is 10.3. The zero-order chi connectivity index (χ0) is 12.0. The number of ether oxygens (including phenoxy) is 2. The Kier molecular flexibility index (Phi) is 13.3. The minimum absolute atomic E-state index is 0. The quantitative estimate of drug-likeness (QED) is 0.711. The molecule has 0 aliphatic carbocycles. The number of aryl methyl sites for hydroxylation is 1. The standard InChI is InChI=1S/C12H17NO3.3H2O/c1-15-10-7-6-9(8-11(10)16-2)4-3-5-12(13)14;;;/h6-8H,3-5H2,1-2H3,(H2,13,14);3*1H2. The number of nitrogens with two attached hydrogens (primary N) is 1. The fraction of sp³-hybridized carbons (Fsp3) is 0.417. The first-order chi connectivity index (χ1) is 7.67. The van der Waals surface area contributed by atoms with E-state index >= 15 is 0 Å². The topological polar surface area (TPSA) is 156 Å². The van der Waals surface area contributed by atoms with E-state index < -0.39 is 0 Å². The molecule has 7 heteroatoms. The number of hydrogen-bond acceptors (Lipinski definition) is 3. The first-order valence-corrected chi connectivity index (χ1v) is 5.16. The second-order valence-electron chi connectivity index (χ2n) is 3.51. The lowest BCUT2D eigenvalue weighted by atomic mass is 10.1.